The van der Waals surface area contributed by atoms with Crippen molar-refractivity contribution in [2.24, 2.45) is 0 Å². The van der Waals surface area contributed by atoms with Gasteiger partial charge in [-0.05, 0) is 123 Å². The first-order chi connectivity index (χ1) is 33.7. The summed E-state index contributed by atoms with van der Waals surface area (Å²) < 4.78 is 7.06. The molecule has 0 spiro atoms. The van der Waals surface area contributed by atoms with Gasteiger partial charge in [-0.25, -0.2) is 0 Å². The van der Waals surface area contributed by atoms with Crippen molar-refractivity contribution in [2.75, 3.05) is 9.80 Å². The van der Waals surface area contributed by atoms with Crippen LogP contribution >= 0.6 is 0 Å². The first-order valence-electron chi connectivity index (χ1n) is 24.4. The van der Waals surface area contributed by atoms with Gasteiger partial charge in [0.2, 0.25) is 0 Å². The maximum absolute atomic E-state index is 7.06. The molecule has 0 amide bonds. The average molecular weight is 889 g/mol. The highest BCUT2D eigenvalue weighted by atomic mass is 16.3. The van der Waals surface area contributed by atoms with Gasteiger partial charge in [0, 0.05) is 55.5 Å². The monoisotopic (exact) mass is 888 g/mol. The van der Waals surface area contributed by atoms with Gasteiger partial charge in [-0.1, -0.05) is 191 Å². The van der Waals surface area contributed by atoms with Crippen LogP contribution in [0.3, 0.4) is 0 Å². The zero-order valence-corrected chi connectivity index (χ0v) is 39.5. The lowest BCUT2D eigenvalue weighted by Gasteiger charge is -2.43. The van der Waals surface area contributed by atoms with Crippen molar-refractivity contribution in [1.29, 1.82) is 0 Å². The summed E-state index contributed by atoms with van der Waals surface area (Å²) in [5.74, 6) is 0. The number of nitrogens with zero attached hydrogens (tertiary/aromatic N) is 2. The third-order valence-corrected chi connectivity index (χ3v) is 15.4. The standard InChI is InChI=1S/C66H52N2O/c1-65(2)55-25-11-13-27-59(55)67(61-39-33-47(41-57(61)65)43-17-7-5-8-18-43)49-35-29-45(30-36-49)51-21-15-23-53-54-24-16-22-52(64(54)69-63(51)53)46-31-37-50(38-32-46)68-60-28-14-12-26-56(60)66(3,4)58-42-48(34-40-62(58)68)44-19-9-6-10-20-44/h5-31,33-37,39-42H,32,38H2,1-4H3. The van der Waals surface area contributed by atoms with Gasteiger partial charge in [-0.2, -0.15) is 0 Å². The van der Waals surface area contributed by atoms with Crippen LogP contribution in [-0.2, 0) is 10.8 Å². The van der Waals surface area contributed by atoms with E-state index in [4.69, 9.17) is 4.42 Å². The predicted octanol–water partition coefficient (Wildman–Crippen LogP) is 18.2. The fourth-order valence-corrected chi connectivity index (χ4v) is 11.7. The lowest BCUT2D eigenvalue weighted by atomic mass is 9.72. The van der Waals surface area contributed by atoms with Crippen LogP contribution < -0.4 is 9.80 Å². The van der Waals surface area contributed by atoms with E-state index in [1.54, 1.807) is 0 Å². The summed E-state index contributed by atoms with van der Waals surface area (Å²) in [6.45, 7) is 9.45. The molecular formula is C66H52N2O. The molecule has 0 saturated heterocycles. The van der Waals surface area contributed by atoms with Crippen LogP contribution in [-0.4, -0.2) is 0 Å². The van der Waals surface area contributed by atoms with E-state index < -0.39 is 0 Å². The van der Waals surface area contributed by atoms with Crippen LogP contribution in [0.15, 0.2) is 229 Å². The summed E-state index contributed by atoms with van der Waals surface area (Å²) in [5, 5.41) is 2.28. The fraction of sp³-hybridized carbons (Fsp3) is 0.121. The topological polar surface area (TPSA) is 19.6 Å². The number of para-hydroxylation sites is 4. The molecule has 13 rings (SSSR count). The van der Waals surface area contributed by atoms with Crippen molar-refractivity contribution >= 4 is 55.9 Å². The van der Waals surface area contributed by atoms with Crippen LogP contribution in [0.2, 0.25) is 0 Å². The minimum absolute atomic E-state index is 0.155. The van der Waals surface area contributed by atoms with Crippen LogP contribution in [0, 0.1) is 0 Å². The molecule has 0 radical (unpaired) electrons. The second-order valence-corrected chi connectivity index (χ2v) is 20.0. The summed E-state index contributed by atoms with van der Waals surface area (Å²) in [6, 6.07) is 75.6. The smallest absolute Gasteiger partial charge is 0.143 e. The molecular weight excluding hydrogens is 837 g/mol. The summed E-state index contributed by atoms with van der Waals surface area (Å²) >= 11 is 0. The molecule has 9 aromatic carbocycles. The van der Waals surface area contributed by atoms with Gasteiger partial charge in [0.05, 0.1) is 11.4 Å². The molecule has 3 heterocycles. The molecule has 0 fully saturated rings. The summed E-state index contributed by atoms with van der Waals surface area (Å²) in [5.41, 5.74) is 23.9. The van der Waals surface area contributed by atoms with E-state index in [9.17, 15) is 0 Å². The minimum Gasteiger partial charge on any atom is -0.455 e. The number of rotatable bonds is 6. The second kappa shape index (κ2) is 15.7. The van der Waals surface area contributed by atoms with E-state index in [0.29, 0.717) is 0 Å². The van der Waals surface area contributed by atoms with Crippen LogP contribution in [0.5, 0.6) is 0 Å². The van der Waals surface area contributed by atoms with Crippen molar-refractivity contribution in [3.8, 4) is 33.4 Å². The largest absolute Gasteiger partial charge is 0.455 e. The zero-order chi connectivity index (χ0) is 46.4. The molecule has 1 aliphatic carbocycles. The average Bonchev–Trinajstić information content (AvgIpc) is 3.79. The molecule has 0 unspecified atom stereocenters. The molecule has 0 bridgehead atoms. The number of benzene rings is 9. The second-order valence-electron chi connectivity index (χ2n) is 20.0. The molecule has 0 atom stereocenters. The quantitative estimate of drug-likeness (QED) is 0.166. The maximum atomic E-state index is 7.06. The fourth-order valence-electron chi connectivity index (χ4n) is 11.7. The van der Waals surface area contributed by atoms with Gasteiger partial charge in [-0.15, -0.1) is 0 Å². The van der Waals surface area contributed by atoms with Gasteiger partial charge in [0.25, 0.3) is 0 Å². The van der Waals surface area contributed by atoms with Crippen LogP contribution in [0.25, 0.3) is 60.9 Å². The van der Waals surface area contributed by atoms with E-state index in [-0.39, 0.29) is 10.8 Å². The summed E-state index contributed by atoms with van der Waals surface area (Å²) in [7, 11) is 0. The molecule has 3 heteroatoms. The van der Waals surface area contributed by atoms with Crippen molar-refractivity contribution in [3.05, 3.63) is 252 Å². The lowest BCUT2D eigenvalue weighted by Crippen LogP contribution is -2.32. The first-order valence-corrected chi connectivity index (χ1v) is 24.4. The molecule has 0 N–H and O–H groups in total. The molecule has 3 nitrogen and oxygen atoms in total. The van der Waals surface area contributed by atoms with Crippen LogP contribution in [0.4, 0.5) is 28.4 Å². The molecule has 332 valence electrons. The Morgan fingerprint density at radius 3 is 1.41 bits per heavy atom. The van der Waals surface area contributed by atoms with Gasteiger partial charge in [0.15, 0.2) is 0 Å². The van der Waals surface area contributed by atoms with Gasteiger partial charge in [-0.3, -0.25) is 0 Å². The Balaban J connectivity index is 0.854. The van der Waals surface area contributed by atoms with Crippen molar-refractivity contribution in [2.45, 2.75) is 51.4 Å². The molecule has 1 aromatic heterocycles. The molecule has 3 aliphatic rings. The number of anilines is 5. The highest BCUT2D eigenvalue weighted by molar-refractivity contribution is 6.12. The van der Waals surface area contributed by atoms with Crippen molar-refractivity contribution < 1.29 is 4.42 Å². The van der Waals surface area contributed by atoms with Gasteiger partial charge < -0.3 is 14.2 Å². The summed E-state index contributed by atoms with van der Waals surface area (Å²) in [4.78, 5) is 4.95. The van der Waals surface area contributed by atoms with E-state index in [1.165, 1.54) is 78.5 Å². The Morgan fingerprint density at radius 2 is 0.841 bits per heavy atom. The highest BCUT2D eigenvalue weighted by Crippen LogP contribution is 2.54. The molecule has 2 aliphatic heterocycles. The summed E-state index contributed by atoms with van der Waals surface area (Å²) in [6.07, 6.45) is 6.50. The van der Waals surface area contributed by atoms with Crippen LogP contribution in [0.1, 0.15) is 68.4 Å². The lowest BCUT2D eigenvalue weighted by molar-refractivity contribution is 0.628. The van der Waals surface area contributed by atoms with Gasteiger partial charge in [0.1, 0.15) is 11.2 Å². The Morgan fingerprint density at radius 1 is 0.362 bits per heavy atom. The third-order valence-electron chi connectivity index (χ3n) is 15.4. The highest BCUT2D eigenvalue weighted by Gasteiger charge is 2.39. The Kier molecular flexibility index (Phi) is 9.36. The SMILES string of the molecule is CC1(C)c2ccccc2N(C2=CC=C(c3cccc4c3oc3c(-c5ccc(N6c7ccccc7C(C)(C)c7cc(-c8ccccc8)ccc76)cc5)cccc34)CC2)c2ccc(-c3ccccc3)cc21. The number of furan rings is 1. The third kappa shape index (κ3) is 6.48. The first kappa shape index (κ1) is 41.1. The molecule has 69 heavy (non-hydrogen) atoms. The Labute approximate surface area is 404 Å². The van der Waals surface area contributed by atoms with E-state index in [2.05, 4.69) is 256 Å². The van der Waals surface area contributed by atoms with E-state index in [0.717, 1.165) is 57.2 Å². The van der Waals surface area contributed by atoms with E-state index in [1.807, 2.05) is 0 Å². The Bertz CT molecular complexity index is 3720. The number of hydrogen-bond donors (Lipinski definition) is 0. The number of hydrogen-bond acceptors (Lipinski definition) is 3. The molecule has 10 aromatic rings. The van der Waals surface area contributed by atoms with Gasteiger partial charge >= 0.3 is 0 Å². The van der Waals surface area contributed by atoms with E-state index >= 15 is 0 Å². The predicted molar refractivity (Wildman–Crippen MR) is 289 cm³/mol. The minimum atomic E-state index is -0.174. The normalized spacial score (nSPS) is 15.5. The Hall–Kier alpha value is -8.14. The molecule has 0 saturated carbocycles. The number of fused-ring (bicyclic) bond motifs is 7. The van der Waals surface area contributed by atoms with Crippen molar-refractivity contribution in [1.82, 2.24) is 0 Å². The maximum Gasteiger partial charge on any atom is 0.143 e. The zero-order valence-electron chi connectivity index (χ0n) is 39.5. The number of allylic oxidation sites excluding steroid dienone is 4. The van der Waals surface area contributed by atoms with Crippen molar-refractivity contribution in [3.63, 3.8) is 0 Å².